The van der Waals surface area contributed by atoms with Gasteiger partial charge < -0.3 is 0 Å². The molecule has 0 radical (unpaired) electrons. The highest BCUT2D eigenvalue weighted by molar-refractivity contribution is 7.92. The minimum atomic E-state index is -3.70. The van der Waals surface area contributed by atoms with Crippen LogP contribution < -0.4 is 10.0 Å². The van der Waals surface area contributed by atoms with Gasteiger partial charge in [-0.25, -0.2) is 13.4 Å². The second-order valence-electron chi connectivity index (χ2n) is 7.60. The van der Waals surface area contributed by atoms with Gasteiger partial charge in [-0.3, -0.25) is 14.8 Å². The highest BCUT2D eigenvalue weighted by atomic mass is 32.2. The van der Waals surface area contributed by atoms with Crippen LogP contribution in [0.3, 0.4) is 0 Å². The van der Waals surface area contributed by atoms with Crippen molar-refractivity contribution in [1.82, 2.24) is 4.98 Å². The molecule has 5 aromatic rings. The van der Waals surface area contributed by atoms with E-state index in [1.54, 1.807) is 48.5 Å². The number of nitrogens with zero attached hydrogens (tertiary/aromatic N) is 1. The molecule has 0 saturated carbocycles. The van der Waals surface area contributed by atoms with Crippen molar-refractivity contribution in [1.29, 1.82) is 0 Å². The lowest BCUT2D eigenvalue weighted by molar-refractivity contribution is 0.102. The van der Waals surface area contributed by atoms with E-state index in [0.29, 0.717) is 16.4 Å². The number of carbonyl (C=O) groups is 1. The average molecular weight is 474 g/mol. The normalized spacial score (nSPS) is 11.5. The number of hydrogen-bond acceptors (Lipinski definition) is 5. The van der Waals surface area contributed by atoms with Crippen LogP contribution in [0.25, 0.3) is 21.0 Å². The maximum Gasteiger partial charge on any atom is 0.261 e. The van der Waals surface area contributed by atoms with Gasteiger partial charge >= 0.3 is 0 Å². The van der Waals surface area contributed by atoms with Crippen molar-refractivity contribution in [2.24, 2.45) is 0 Å². The molecule has 4 aromatic carbocycles. The number of carbonyl (C=O) groups excluding carboxylic acids is 1. The molecule has 1 amide bonds. The van der Waals surface area contributed by atoms with Gasteiger partial charge in [-0.05, 0) is 54.8 Å². The van der Waals surface area contributed by atoms with Gasteiger partial charge in [-0.1, -0.05) is 59.4 Å². The predicted molar refractivity (Wildman–Crippen MR) is 134 cm³/mol. The molecule has 0 atom stereocenters. The Morgan fingerprint density at radius 1 is 0.879 bits per heavy atom. The Balaban J connectivity index is 1.32. The zero-order chi connectivity index (χ0) is 23.0. The Bertz CT molecular complexity index is 1590. The van der Waals surface area contributed by atoms with Crippen molar-refractivity contribution < 1.29 is 13.2 Å². The van der Waals surface area contributed by atoms with Crippen LogP contribution in [0, 0.1) is 6.92 Å². The summed E-state index contributed by atoms with van der Waals surface area (Å²) >= 11 is 1.41. The largest absolute Gasteiger partial charge is 0.298 e. The molecule has 0 spiro atoms. The molecule has 0 aliphatic carbocycles. The lowest BCUT2D eigenvalue weighted by atomic mass is 10.1. The van der Waals surface area contributed by atoms with E-state index in [1.807, 2.05) is 43.3 Å². The summed E-state index contributed by atoms with van der Waals surface area (Å²) in [4.78, 5) is 17.5. The van der Waals surface area contributed by atoms with Gasteiger partial charge in [0.05, 0.1) is 15.1 Å². The van der Waals surface area contributed by atoms with Gasteiger partial charge in [0, 0.05) is 16.6 Å². The van der Waals surface area contributed by atoms with Crippen LogP contribution in [0.15, 0.2) is 89.8 Å². The van der Waals surface area contributed by atoms with Gasteiger partial charge in [0.1, 0.15) is 0 Å². The number of aromatic nitrogens is 1. The Labute approximate surface area is 195 Å². The summed E-state index contributed by atoms with van der Waals surface area (Å²) in [7, 11) is -3.70. The molecule has 0 aliphatic rings. The second kappa shape index (κ2) is 8.31. The highest BCUT2D eigenvalue weighted by Gasteiger charge is 2.15. The number of sulfonamides is 1. The predicted octanol–water partition coefficient (Wildman–Crippen LogP) is 5.81. The molecule has 164 valence electrons. The molecule has 0 unspecified atom stereocenters. The van der Waals surface area contributed by atoms with Crippen molar-refractivity contribution in [3.8, 4) is 0 Å². The van der Waals surface area contributed by atoms with E-state index in [0.717, 1.165) is 26.6 Å². The first-order valence-corrected chi connectivity index (χ1v) is 12.5. The van der Waals surface area contributed by atoms with Crippen LogP contribution in [0.2, 0.25) is 0 Å². The number of fused-ring (bicyclic) bond motifs is 3. The highest BCUT2D eigenvalue weighted by Crippen LogP contribution is 2.32. The van der Waals surface area contributed by atoms with Gasteiger partial charge in [-0.2, -0.15) is 0 Å². The molecule has 0 aliphatic heterocycles. The zero-order valence-electron chi connectivity index (χ0n) is 17.6. The zero-order valence-corrected chi connectivity index (χ0v) is 19.2. The number of rotatable bonds is 5. The molecular weight excluding hydrogens is 454 g/mol. The number of nitrogens with one attached hydrogen (secondary N) is 2. The maximum absolute atomic E-state index is 12.7. The third-order valence-corrected chi connectivity index (χ3v) is 7.57. The van der Waals surface area contributed by atoms with Gasteiger partial charge in [0.25, 0.3) is 15.9 Å². The fraction of sp³-hybridized carbons (Fsp3) is 0.0400. The summed E-state index contributed by atoms with van der Waals surface area (Å²) in [6.45, 7) is 1.89. The molecule has 0 saturated heterocycles. The molecule has 8 heteroatoms. The lowest BCUT2D eigenvalue weighted by Gasteiger charge is -2.09. The van der Waals surface area contributed by atoms with Gasteiger partial charge in [0.2, 0.25) is 0 Å². The van der Waals surface area contributed by atoms with E-state index < -0.39 is 10.0 Å². The first-order valence-electron chi connectivity index (χ1n) is 10.2. The Kier molecular flexibility index (Phi) is 5.32. The summed E-state index contributed by atoms with van der Waals surface area (Å²) in [6.07, 6.45) is 0. The molecule has 6 nitrogen and oxygen atoms in total. The number of aryl methyl sites for hydroxylation is 1. The molecule has 33 heavy (non-hydrogen) atoms. The van der Waals surface area contributed by atoms with Crippen molar-refractivity contribution in [3.63, 3.8) is 0 Å². The smallest absolute Gasteiger partial charge is 0.261 e. The van der Waals surface area contributed by atoms with Gasteiger partial charge in [-0.15, -0.1) is 0 Å². The van der Waals surface area contributed by atoms with E-state index in [-0.39, 0.29) is 10.8 Å². The van der Waals surface area contributed by atoms with Crippen molar-refractivity contribution in [2.45, 2.75) is 11.8 Å². The lowest BCUT2D eigenvalue weighted by Crippen LogP contribution is -2.14. The molecule has 1 heterocycles. The topological polar surface area (TPSA) is 88.2 Å². The maximum atomic E-state index is 12.7. The molecular formula is C25H19N3O3S2. The third-order valence-electron chi connectivity index (χ3n) is 5.23. The Morgan fingerprint density at radius 3 is 2.36 bits per heavy atom. The summed E-state index contributed by atoms with van der Waals surface area (Å²) in [5.41, 5.74) is 2.61. The Morgan fingerprint density at radius 2 is 1.61 bits per heavy atom. The first-order chi connectivity index (χ1) is 15.9. The van der Waals surface area contributed by atoms with E-state index in [9.17, 15) is 13.2 Å². The van der Waals surface area contributed by atoms with Crippen molar-refractivity contribution in [2.75, 3.05) is 10.0 Å². The third kappa shape index (κ3) is 4.30. The SMILES string of the molecule is Cc1ccc(S(=O)(=O)Nc2ccc(C(=O)Nc3nc4c(ccc5ccccc54)s3)cc2)cc1. The van der Waals surface area contributed by atoms with E-state index in [4.69, 9.17) is 0 Å². The van der Waals surface area contributed by atoms with Gasteiger partial charge in [0.15, 0.2) is 5.13 Å². The molecule has 0 fully saturated rings. The Hall–Kier alpha value is -3.75. The summed E-state index contributed by atoms with van der Waals surface area (Å²) in [6, 6.07) is 24.9. The summed E-state index contributed by atoms with van der Waals surface area (Å²) in [5, 5.41) is 5.48. The minimum absolute atomic E-state index is 0.179. The summed E-state index contributed by atoms with van der Waals surface area (Å²) in [5.74, 6) is -0.314. The monoisotopic (exact) mass is 473 g/mol. The van der Waals surface area contributed by atoms with Crippen LogP contribution in [-0.4, -0.2) is 19.3 Å². The standard InChI is InChI=1S/C25H19N3O3S2/c1-16-6-13-20(14-7-16)33(30,31)28-19-11-8-18(9-12-19)24(29)27-25-26-23-21-5-3-2-4-17(21)10-15-22(23)32-25/h2-15,28H,1H3,(H,26,27,29). The quantitative estimate of drug-likeness (QED) is 0.337. The van der Waals surface area contributed by atoms with Crippen LogP contribution in [0.5, 0.6) is 0 Å². The van der Waals surface area contributed by atoms with Crippen LogP contribution in [0.4, 0.5) is 10.8 Å². The number of anilines is 2. The molecule has 5 rings (SSSR count). The van der Waals surface area contributed by atoms with Crippen molar-refractivity contribution in [3.05, 3.63) is 96.1 Å². The van der Waals surface area contributed by atoms with E-state index in [1.165, 1.54) is 11.3 Å². The fourth-order valence-electron chi connectivity index (χ4n) is 3.51. The van der Waals surface area contributed by atoms with Crippen LogP contribution >= 0.6 is 11.3 Å². The number of hydrogen-bond donors (Lipinski definition) is 2. The van der Waals surface area contributed by atoms with E-state index in [2.05, 4.69) is 15.0 Å². The van der Waals surface area contributed by atoms with Crippen molar-refractivity contribution >= 4 is 59.1 Å². The summed E-state index contributed by atoms with van der Waals surface area (Å²) < 4.78 is 28.6. The minimum Gasteiger partial charge on any atom is -0.298 e. The number of benzene rings is 4. The number of amides is 1. The van der Waals surface area contributed by atoms with Crippen LogP contribution in [-0.2, 0) is 10.0 Å². The first kappa shape index (κ1) is 21.1. The second-order valence-corrected chi connectivity index (χ2v) is 10.3. The molecule has 2 N–H and O–H groups in total. The fourth-order valence-corrected chi connectivity index (χ4v) is 5.44. The van der Waals surface area contributed by atoms with Crippen LogP contribution in [0.1, 0.15) is 15.9 Å². The number of thiazole rings is 1. The average Bonchev–Trinajstić information content (AvgIpc) is 3.22. The van der Waals surface area contributed by atoms with E-state index >= 15 is 0 Å². The molecule has 0 bridgehead atoms. The molecule has 1 aromatic heterocycles.